The number of hydrogen-bond donors (Lipinski definition) is 2. The highest BCUT2D eigenvalue weighted by atomic mass is 79.9. The van der Waals surface area contributed by atoms with Gasteiger partial charge in [-0.05, 0) is 52.0 Å². The number of unbranched alkanes of at least 4 members (excludes halogenated alkanes) is 3. The molecule has 0 aliphatic carbocycles. The summed E-state index contributed by atoms with van der Waals surface area (Å²) < 4.78 is 12.3. The maximum absolute atomic E-state index is 14.6. The first-order chi connectivity index (χ1) is 22.4. The molecule has 0 saturated carbocycles. The minimum absolute atomic E-state index is 0.0748. The van der Waals surface area contributed by atoms with E-state index in [2.05, 4.69) is 34.4 Å². The molecule has 3 saturated heterocycles. The first-order valence-electron chi connectivity index (χ1n) is 16.7. The summed E-state index contributed by atoms with van der Waals surface area (Å²) in [5.74, 6) is -2.98. The van der Waals surface area contributed by atoms with E-state index < -0.39 is 47.1 Å². The molecule has 0 radical (unpaired) electrons. The molecule has 1 aromatic rings. The number of benzene rings is 1. The van der Waals surface area contributed by atoms with E-state index in [1.165, 1.54) is 0 Å². The fraction of sp³-hybridized carbons (Fsp3) is 0.611. The van der Waals surface area contributed by atoms with E-state index in [1.54, 1.807) is 22.0 Å². The van der Waals surface area contributed by atoms with Gasteiger partial charge in [0.1, 0.15) is 18.2 Å². The van der Waals surface area contributed by atoms with Crippen molar-refractivity contribution in [3.05, 3.63) is 61.2 Å². The molecule has 2 bridgehead atoms. The van der Waals surface area contributed by atoms with Gasteiger partial charge in [-0.2, -0.15) is 0 Å². The van der Waals surface area contributed by atoms with E-state index in [0.29, 0.717) is 38.8 Å². The lowest BCUT2D eigenvalue weighted by molar-refractivity contribution is -0.151. The highest BCUT2D eigenvalue weighted by Crippen LogP contribution is 2.60. The average molecular weight is 717 g/mol. The van der Waals surface area contributed by atoms with Crippen LogP contribution in [0.3, 0.4) is 0 Å². The highest BCUT2D eigenvalue weighted by molar-refractivity contribution is 9.09. The fourth-order valence-electron chi connectivity index (χ4n) is 7.31. The van der Waals surface area contributed by atoms with Gasteiger partial charge in [-0.1, -0.05) is 71.3 Å². The van der Waals surface area contributed by atoms with E-state index in [1.807, 2.05) is 51.1 Å². The van der Waals surface area contributed by atoms with Gasteiger partial charge in [-0.25, -0.2) is 0 Å². The Morgan fingerprint density at radius 1 is 1.17 bits per heavy atom. The summed E-state index contributed by atoms with van der Waals surface area (Å²) in [5, 5.41) is 12.3. The van der Waals surface area contributed by atoms with Crippen molar-refractivity contribution in [3.8, 4) is 0 Å². The topological polar surface area (TPSA) is 125 Å². The molecule has 1 aromatic carbocycles. The first-order valence-corrected chi connectivity index (χ1v) is 17.6. The monoisotopic (exact) mass is 715 g/mol. The molecule has 1 unspecified atom stereocenters. The second-order valence-corrected chi connectivity index (χ2v) is 14.9. The van der Waals surface area contributed by atoms with Crippen LogP contribution in [0.5, 0.6) is 0 Å². The largest absolute Gasteiger partial charge is 0.463 e. The number of nitrogens with one attached hydrogen (secondary N) is 1. The molecule has 4 rings (SSSR count). The van der Waals surface area contributed by atoms with Crippen LogP contribution in [-0.2, 0) is 28.7 Å². The zero-order valence-corrected chi connectivity index (χ0v) is 29.5. The first kappa shape index (κ1) is 36.8. The van der Waals surface area contributed by atoms with Crippen LogP contribution in [0.15, 0.2) is 55.6 Å². The molecule has 47 heavy (non-hydrogen) atoms. The molecule has 3 amide bonds. The van der Waals surface area contributed by atoms with Crippen molar-refractivity contribution in [3.63, 3.8) is 0 Å². The summed E-state index contributed by atoms with van der Waals surface area (Å²) >= 11 is 3.75. The minimum Gasteiger partial charge on any atom is -0.463 e. The lowest BCUT2D eigenvalue weighted by atomic mass is 9.70. The van der Waals surface area contributed by atoms with E-state index in [4.69, 9.17) is 9.47 Å². The molecule has 1 spiro atoms. The number of likely N-dealkylation sites (tertiary alicyclic amines) is 1. The summed E-state index contributed by atoms with van der Waals surface area (Å²) in [6.45, 7) is 14.0. The number of fused-ring (bicyclic) bond motifs is 1. The minimum atomic E-state index is -1.19. The maximum Gasteiger partial charge on any atom is 0.306 e. The number of hydrogen-bond acceptors (Lipinski definition) is 7. The van der Waals surface area contributed by atoms with Crippen molar-refractivity contribution in [2.24, 2.45) is 11.8 Å². The number of ether oxygens (including phenoxy) is 2. The van der Waals surface area contributed by atoms with E-state index in [9.17, 15) is 24.3 Å². The van der Waals surface area contributed by atoms with Gasteiger partial charge in [-0.3, -0.25) is 19.2 Å². The SMILES string of the molecule is C=CCCC(=O)OC[C@H](NC(=O)[C@H]1[C@@H]2O[C@@]3(CC2Br)[C@@H]1C(=O)N(CCCCCCO)[C@@H]3C(=O)N(CC=C)C(C)(C)C)c1ccccc1. The molecule has 258 valence electrons. The Bertz CT molecular complexity index is 1300. The van der Waals surface area contributed by atoms with Gasteiger partial charge >= 0.3 is 5.97 Å². The number of aliphatic hydroxyl groups excluding tert-OH is 1. The number of rotatable bonds is 17. The molecule has 11 heteroatoms. The summed E-state index contributed by atoms with van der Waals surface area (Å²) in [5.41, 5.74) is -0.986. The Morgan fingerprint density at radius 3 is 2.51 bits per heavy atom. The molecule has 3 aliphatic rings. The lowest BCUT2D eigenvalue weighted by Crippen LogP contribution is -2.60. The number of halogens is 1. The number of carbonyl (C=O) groups excluding carboxylic acids is 4. The van der Waals surface area contributed by atoms with E-state index in [0.717, 1.165) is 18.4 Å². The van der Waals surface area contributed by atoms with Gasteiger partial charge in [0.05, 0.1) is 24.0 Å². The van der Waals surface area contributed by atoms with Crippen molar-refractivity contribution < 1.29 is 33.8 Å². The predicted molar refractivity (Wildman–Crippen MR) is 182 cm³/mol. The Hall–Kier alpha value is -3.02. The Morgan fingerprint density at radius 2 is 1.87 bits per heavy atom. The van der Waals surface area contributed by atoms with E-state index >= 15 is 0 Å². The smallest absolute Gasteiger partial charge is 0.306 e. The number of allylic oxidation sites excluding steroid dienone is 1. The molecule has 10 nitrogen and oxygen atoms in total. The number of alkyl halides is 1. The molecule has 2 N–H and O–H groups in total. The van der Waals surface area contributed by atoms with Crippen LogP contribution in [0.25, 0.3) is 0 Å². The van der Waals surface area contributed by atoms with Crippen molar-refractivity contribution in [2.75, 3.05) is 26.3 Å². The van der Waals surface area contributed by atoms with Gasteiger partial charge < -0.3 is 29.7 Å². The van der Waals surface area contributed by atoms with Gasteiger partial charge in [0.2, 0.25) is 17.7 Å². The average Bonchev–Trinajstić information content (AvgIpc) is 3.63. The number of nitrogens with zero attached hydrogens (tertiary/aromatic N) is 2. The molecular weight excluding hydrogens is 666 g/mol. The summed E-state index contributed by atoms with van der Waals surface area (Å²) in [6.07, 6.45) is 6.70. The summed E-state index contributed by atoms with van der Waals surface area (Å²) in [4.78, 5) is 58.8. The third kappa shape index (κ3) is 7.84. The lowest BCUT2D eigenvalue weighted by Gasteiger charge is -2.42. The van der Waals surface area contributed by atoms with Crippen LogP contribution in [-0.4, -0.2) is 93.0 Å². The Balaban J connectivity index is 1.66. The van der Waals surface area contributed by atoms with E-state index in [-0.39, 0.29) is 42.2 Å². The fourth-order valence-corrected chi connectivity index (χ4v) is 8.25. The van der Waals surface area contributed by atoms with Gasteiger partial charge in [-0.15, -0.1) is 13.2 Å². The second-order valence-electron chi connectivity index (χ2n) is 13.7. The van der Waals surface area contributed by atoms with Gasteiger partial charge in [0.25, 0.3) is 0 Å². The maximum atomic E-state index is 14.6. The van der Waals surface area contributed by atoms with Crippen LogP contribution in [0.2, 0.25) is 0 Å². The normalized spacial score (nSPS) is 26.9. The zero-order valence-electron chi connectivity index (χ0n) is 27.9. The molecule has 7 atom stereocenters. The summed E-state index contributed by atoms with van der Waals surface area (Å²) in [7, 11) is 0. The van der Waals surface area contributed by atoms with Crippen LogP contribution in [0.1, 0.15) is 77.3 Å². The predicted octanol–water partition coefficient (Wildman–Crippen LogP) is 4.47. The third-order valence-electron chi connectivity index (χ3n) is 9.50. The van der Waals surface area contributed by atoms with Crippen LogP contribution in [0.4, 0.5) is 0 Å². The zero-order chi connectivity index (χ0) is 34.4. The van der Waals surface area contributed by atoms with Crippen LogP contribution < -0.4 is 5.32 Å². The Labute approximate surface area is 287 Å². The number of aliphatic hydroxyl groups is 1. The second kappa shape index (κ2) is 15.9. The number of esters is 1. The molecule has 3 aliphatic heterocycles. The highest BCUT2D eigenvalue weighted by Gasteiger charge is 2.76. The van der Waals surface area contributed by atoms with Gasteiger partial charge in [0.15, 0.2) is 0 Å². The van der Waals surface area contributed by atoms with Crippen molar-refractivity contribution in [1.82, 2.24) is 15.1 Å². The summed E-state index contributed by atoms with van der Waals surface area (Å²) in [6, 6.07) is 7.69. The quantitative estimate of drug-likeness (QED) is 0.106. The molecule has 3 fully saturated rings. The molecular formula is C36H50BrN3O7. The number of amides is 3. The van der Waals surface area contributed by atoms with Crippen LogP contribution >= 0.6 is 15.9 Å². The molecule has 0 aromatic heterocycles. The van der Waals surface area contributed by atoms with Crippen LogP contribution in [0, 0.1) is 11.8 Å². The Kier molecular flexibility index (Phi) is 12.5. The molecule has 3 heterocycles. The van der Waals surface area contributed by atoms with Gasteiger partial charge in [0, 0.05) is 36.5 Å². The van der Waals surface area contributed by atoms with Crippen molar-refractivity contribution >= 4 is 39.6 Å². The van der Waals surface area contributed by atoms with Crippen molar-refractivity contribution in [1.29, 1.82) is 0 Å². The third-order valence-corrected chi connectivity index (χ3v) is 10.3. The standard InChI is InChI=1S/C36H50BrN3O7/c1-6-8-18-27(42)46-23-26(24-16-12-11-13-17-24)38-32(43)28-29-33(44)39(20-14-9-10-15-21-41)31(36(29)22-25(37)30(28)47-36)34(45)40(19-7-2)35(3,4)5/h6-7,11-13,16-17,25-26,28-31,41H,1-2,8-10,14-15,18-23H2,3-5H3,(H,38,43)/t25?,26-,28+,29-,30+,31+,36-/m0/s1. The number of carbonyl (C=O) groups is 4. The van der Waals surface area contributed by atoms with Crippen molar-refractivity contribution in [2.45, 2.75) is 99.9 Å².